The lowest BCUT2D eigenvalue weighted by atomic mass is 10.0. The molecule has 6 nitrogen and oxygen atoms in total. The van der Waals surface area contributed by atoms with E-state index in [1.165, 1.54) is 6.26 Å². The molecular formula is C12H17BrN2O4S. The zero-order valence-corrected chi connectivity index (χ0v) is 13.5. The molecule has 2 rings (SSSR count). The van der Waals surface area contributed by atoms with Crippen molar-refractivity contribution < 1.29 is 17.6 Å². The molecule has 1 unspecified atom stereocenters. The number of likely N-dealkylation sites (tertiary alicyclic amines) is 1. The minimum absolute atomic E-state index is 0.118. The average molecular weight is 365 g/mol. The van der Waals surface area contributed by atoms with E-state index in [0.717, 1.165) is 25.5 Å². The molecule has 1 atom stereocenters. The van der Waals surface area contributed by atoms with Gasteiger partial charge in [-0.25, -0.2) is 13.1 Å². The molecule has 1 saturated heterocycles. The van der Waals surface area contributed by atoms with Crippen molar-refractivity contribution in [2.24, 2.45) is 0 Å². The first kappa shape index (κ1) is 15.5. The van der Waals surface area contributed by atoms with Gasteiger partial charge in [-0.15, -0.1) is 0 Å². The summed E-state index contributed by atoms with van der Waals surface area (Å²) in [6, 6.07) is 1.50. The highest BCUT2D eigenvalue weighted by molar-refractivity contribution is 9.10. The highest BCUT2D eigenvalue weighted by Gasteiger charge is 2.29. The molecule has 0 spiro atoms. The van der Waals surface area contributed by atoms with Crippen LogP contribution in [-0.2, 0) is 10.0 Å². The first-order valence-corrected chi connectivity index (χ1v) is 9.05. The zero-order valence-electron chi connectivity index (χ0n) is 11.1. The molecule has 0 aromatic carbocycles. The molecule has 20 heavy (non-hydrogen) atoms. The number of hydrogen-bond donors (Lipinski definition) is 1. The maximum Gasteiger partial charge on any atom is 0.258 e. The van der Waals surface area contributed by atoms with Crippen LogP contribution in [-0.4, -0.2) is 44.6 Å². The number of furan rings is 1. The van der Waals surface area contributed by atoms with Crippen LogP contribution in [0.2, 0.25) is 0 Å². The van der Waals surface area contributed by atoms with Crippen LogP contribution in [0.5, 0.6) is 0 Å². The maximum absolute atomic E-state index is 12.5. The standard InChI is InChI=1S/C12H17BrN2O4S/c1-20(17,18)14-8-9-4-2-3-6-15(9)12(16)10-5-7-19-11(10)13/h5,7,9,14H,2-4,6,8H2,1H3. The van der Waals surface area contributed by atoms with Gasteiger partial charge in [0.25, 0.3) is 5.91 Å². The molecule has 0 aliphatic carbocycles. The maximum atomic E-state index is 12.5. The van der Waals surface area contributed by atoms with Crippen molar-refractivity contribution in [2.45, 2.75) is 25.3 Å². The topological polar surface area (TPSA) is 79.6 Å². The Morgan fingerprint density at radius 1 is 1.55 bits per heavy atom. The van der Waals surface area contributed by atoms with Gasteiger partial charge in [0.1, 0.15) is 0 Å². The second-order valence-electron chi connectivity index (χ2n) is 4.88. The average Bonchev–Trinajstić information content (AvgIpc) is 2.81. The van der Waals surface area contributed by atoms with E-state index >= 15 is 0 Å². The molecule has 1 aromatic heterocycles. The van der Waals surface area contributed by atoms with Crippen LogP contribution < -0.4 is 4.72 Å². The Hall–Kier alpha value is -0.860. The number of piperidine rings is 1. The lowest BCUT2D eigenvalue weighted by molar-refractivity contribution is 0.0616. The van der Waals surface area contributed by atoms with Crippen LogP contribution in [0.1, 0.15) is 29.6 Å². The Morgan fingerprint density at radius 2 is 2.30 bits per heavy atom. The number of sulfonamides is 1. The molecular weight excluding hydrogens is 348 g/mol. The highest BCUT2D eigenvalue weighted by atomic mass is 79.9. The van der Waals surface area contributed by atoms with Gasteiger partial charge in [-0.1, -0.05) is 0 Å². The van der Waals surface area contributed by atoms with Crippen molar-refractivity contribution in [2.75, 3.05) is 19.3 Å². The van der Waals surface area contributed by atoms with Gasteiger partial charge in [0.05, 0.1) is 18.1 Å². The molecule has 1 aliphatic heterocycles. The largest absolute Gasteiger partial charge is 0.457 e. The predicted octanol–water partition coefficient (Wildman–Crippen LogP) is 1.59. The molecule has 0 radical (unpaired) electrons. The van der Waals surface area contributed by atoms with Crippen LogP contribution in [0.4, 0.5) is 0 Å². The van der Waals surface area contributed by atoms with E-state index in [4.69, 9.17) is 4.42 Å². The van der Waals surface area contributed by atoms with E-state index in [1.54, 1.807) is 11.0 Å². The summed E-state index contributed by atoms with van der Waals surface area (Å²) < 4.78 is 30.4. The smallest absolute Gasteiger partial charge is 0.258 e. The normalized spacial score (nSPS) is 20.1. The fourth-order valence-electron chi connectivity index (χ4n) is 2.33. The summed E-state index contributed by atoms with van der Waals surface area (Å²) >= 11 is 3.20. The number of nitrogens with one attached hydrogen (secondary N) is 1. The van der Waals surface area contributed by atoms with Crippen molar-refractivity contribution in [1.29, 1.82) is 0 Å². The Morgan fingerprint density at radius 3 is 2.90 bits per heavy atom. The lowest BCUT2D eigenvalue weighted by Crippen LogP contribution is -2.49. The van der Waals surface area contributed by atoms with Crippen molar-refractivity contribution in [3.63, 3.8) is 0 Å². The molecule has 2 heterocycles. The van der Waals surface area contributed by atoms with Gasteiger partial charge in [0.15, 0.2) is 4.67 Å². The van der Waals surface area contributed by atoms with Gasteiger partial charge in [-0.3, -0.25) is 4.79 Å². The summed E-state index contributed by atoms with van der Waals surface area (Å²) in [6.07, 6.45) is 5.28. The van der Waals surface area contributed by atoms with E-state index in [1.807, 2.05) is 0 Å². The number of nitrogens with zero attached hydrogens (tertiary/aromatic N) is 1. The second-order valence-corrected chi connectivity index (χ2v) is 7.43. The monoisotopic (exact) mass is 364 g/mol. The van der Waals surface area contributed by atoms with Crippen LogP contribution in [0.15, 0.2) is 21.4 Å². The van der Waals surface area contributed by atoms with Crippen molar-refractivity contribution in [3.05, 3.63) is 22.6 Å². The van der Waals surface area contributed by atoms with E-state index < -0.39 is 10.0 Å². The molecule has 0 saturated carbocycles. The third-order valence-electron chi connectivity index (χ3n) is 3.32. The number of rotatable bonds is 4. The fourth-order valence-corrected chi connectivity index (χ4v) is 3.23. The summed E-state index contributed by atoms with van der Waals surface area (Å²) in [5.41, 5.74) is 0.469. The number of carbonyl (C=O) groups excluding carboxylic acids is 1. The molecule has 1 amide bonds. The summed E-state index contributed by atoms with van der Waals surface area (Å²) in [5.74, 6) is -0.134. The Balaban J connectivity index is 2.11. The Kier molecular flexibility index (Phi) is 4.87. The van der Waals surface area contributed by atoms with Gasteiger partial charge in [-0.2, -0.15) is 0 Å². The first-order valence-electron chi connectivity index (χ1n) is 6.37. The molecule has 8 heteroatoms. The van der Waals surface area contributed by atoms with Gasteiger partial charge in [-0.05, 0) is 41.3 Å². The minimum Gasteiger partial charge on any atom is -0.457 e. The predicted molar refractivity (Wildman–Crippen MR) is 77.9 cm³/mol. The van der Waals surface area contributed by atoms with Crippen molar-refractivity contribution >= 4 is 31.9 Å². The zero-order chi connectivity index (χ0) is 14.8. The summed E-state index contributed by atoms with van der Waals surface area (Å²) in [5, 5.41) is 0. The van der Waals surface area contributed by atoms with Crippen LogP contribution >= 0.6 is 15.9 Å². The van der Waals surface area contributed by atoms with E-state index in [-0.39, 0.29) is 18.5 Å². The van der Waals surface area contributed by atoms with Crippen molar-refractivity contribution in [3.8, 4) is 0 Å². The number of carbonyl (C=O) groups is 1. The quantitative estimate of drug-likeness (QED) is 0.879. The highest BCUT2D eigenvalue weighted by Crippen LogP contribution is 2.24. The van der Waals surface area contributed by atoms with E-state index in [9.17, 15) is 13.2 Å². The molecule has 1 aromatic rings. The molecule has 1 N–H and O–H groups in total. The van der Waals surface area contributed by atoms with Gasteiger partial charge in [0.2, 0.25) is 10.0 Å². The Labute approximate surface area is 126 Å². The summed E-state index contributed by atoms with van der Waals surface area (Å²) in [7, 11) is -3.25. The SMILES string of the molecule is CS(=O)(=O)NCC1CCCCN1C(=O)c1ccoc1Br. The third-order valence-corrected chi connectivity index (χ3v) is 4.62. The lowest BCUT2D eigenvalue weighted by Gasteiger charge is -2.35. The van der Waals surface area contributed by atoms with Gasteiger partial charge in [0, 0.05) is 19.1 Å². The van der Waals surface area contributed by atoms with Crippen molar-refractivity contribution in [1.82, 2.24) is 9.62 Å². The summed E-state index contributed by atoms with van der Waals surface area (Å²) in [4.78, 5) is 14.2. The van der Waals surface area contributed by atoms with Crippen LogP contribution in [0, 0.1) is 0 Å². The van der Waals surface area contributed by atoms with E-state index in [2.05, 4.69) is 20.7 Å². The van der Waals surface area contributed by atoms with Gasteiger partial charge < -0.3 is 9.32 Å². The Bertz CT molecular complexity index is 584. The molecule has 1 fully saturated rings. The number of amides is 1. The second kappa shape index (κ2) is 6.28. The van der Waals surface area contributed by atoms with E-state index in [0.29, 0.717) is 16.8 Å². The van der Waals surface area contributed by atoms with Crippen LogP contribution in [0.25, 0.3) is 0 Å². The third kappa shape index (κ3) is 3.83. The number of hydrogen-bond acceptors (Lipinski definition) is 4. The first-order chi connectivity index (χ1) is 9.38. The fraction of sp³-hybridized carbons (Fsp3) is 0.583. The minimum atomic E-state index is -3.25. The molecule has 112 valence electrons. The number of halogens is 1. The summed E-state index contributed by atoms with van der Waals surface area (Å²) in [6.45, 7) is 0.882. The molecule has 0 bridgehead atoms. The molecule has 1 aliphatic rings. The van der Waals surface area contributed by atoms with Crippen LogP contribution in [0.3, 0.4) is 0 Å². The van der Waals surface area contributed by atoms with Gasteiger partial charge >= 0.3 is 0 Å².